The molecule has 276 valence electrons. The number of carbonyl (C=O) groups excluding carboxylic acids is 2. The first-order chi connectivity index (χ1) is 22.6. The Hall–Kier alpha value is -1.42. The van der Waals surface area contributed by atoms with Crippen LogP contribution in [0.25, 0.3) is 0 Å². The molecule has 2 rings (SSSR count). The smallest absolute Gasteiger partial charge is 0.305 e. The Morgan fingerprint density at radius 3 is 1.60 bits per heavy atom. The molecule has 0 amide bonds. The van der Waals surface area contributed by atoms with E-state index in [1.807, 2.05) is 0 Å². The van der Waals surface area contributed by atoms with Crippen LogP contribution in [0.5, 0.6) is 0 Å². The molecule has 0 unspecified atom stereocenters. The molecule has 0 aromatic carbocycles. The topological polar surface area (TPSA) is 202 Å². The average Bonchev–Trinajstić information content (AvgIpc) is 3.30. The molecule has 0 saturated carbocycles. The Labute approximate surface area is 279 Å². The molecule has 2 aliphatic heterocycles. The fraction of sp³-hybridized carbons (Fsp3) is 0.941. The van der Waals surface area contributed by atoms with Crippen LogP contribution in [-0.4, -0.2) is 117 Å². The largest absolute Gasteiger partial charge is 0.463 e. The molecule has 13 heteroatoms. The van der Waals surface area contributed by atoms with Gasteiger partial charge in [-0.15, -0.1) is 0 Å². The molecule has 2 fully saturated rings. The van der Waals surface area contributed by atoms with Gasteiger partial charge in [-0.2, -0.15) is 0 Å². The number of aliphatic hydroxyl groups is 6. The fourth-order valence-corrected chi connectivity index (χ4v) is 5.91. The standard InChI is InChI=1S/C34H62O13/c1-3-5-7-9-10-11-12-13-14-16-18-19-26(36)43-22-25-28(38)30(40)31(41)33(45-25)47-34(32(42)29(39)24(21-35)46-34)23-44-27(37)20-17-15-8-6-4-2/h24-25,28-33,35,38-42H,3-23H2,1-2H3/t24-,25-,28-,29-,30+,31-,32+,33-,34+/m1/s1. The number of hydrogen-bond acceptors (Lipinski definition) is 13. The maximum absolute atomic E-state index is 12.4. The zero-order valence-corrected chi connectivity index (χ0v) is 28.5. The number of esters is 2. The van der Waals surface area contributed by atoms with Crippen LogP contribution in [0.1, 0.15) is 129 Å². The summed E-state index contributed by atoms with van der Waals surface area (Å²) in [4.78, 5) is 24.8. The number of aliphatic hydroxyl groups excluding tert-OH is 6. The molecule has 6 N–H and O–H groups in total. The second kappa shape index (κ2) is 23.1. The molecule has 2 aliphatic rings. The summed E-state index contributed by atoms with van der Waals surface area (Å²) in [5.74, 6) is -3.39. The lowest BCUT2D eigenvalue weighted by molar-refractivity contribution is -0.383. The Kier molecular flexibility index (Phi) is 20.5. The minimum Gasteiger partial charge on any atom is -0.463 e. The van der Waals surface area contributed by atoms with Crippen LogP contribution in [0.4, 0.5) is 0 Å². The number of hydrogen-bond donors (Lipinski definition) is 6. The summed E-state index contributed by atoms with van der Waals surface area (Å²) in [6.45, 7) is 2.41. The zero-order valence-electron chi connectivity index (χ0n) is 28.5. The normalized spacial score (nSPS) is 30.8. The number of rotatable bonds is 25. The maximum atomic E-state index is 12.4. The second-order valence-corrected chi connectivity index (χ2v) is 13.0. The van der Waals surface area contributed by atoms with E-state index in [0.29, 0.717) is 12.8 Å². The van der Waals surface area contributed by atoms with Gasteiger partial charge in [0.25, 0.3) is 0 Å². The first-order valence-corrected chi connectivity index (χ1v) is 17.9. The minimum absolute atomic E-state index is 0.0992. The highest BCUT2D eigenvalue weighted by atomic mass is 16.8. The van der Waals surface area contributed by atoms with Gasteiger partial charge >= 0.3 is 11.9 Å². The van der Waals surface area contributed by atoms with E-state index in [9.17, 15) is 40.2 Å². The minimum atomic E-state index is -2.28. The lowest BCUT2D eigenvalue weighted by atomic mass is 9.99. The van der Waals surface area contributed by atoms with Gasteiger partial charge in [0.2, 0.25) is 5.79 Å². The van der Waals surface area contributed by atoms with Crippen molar-refractivity contribution < 1.29 is 63.9 Å². The summed E-state index contributed by atoms with van der Waals surface area (Å²) < 4.78 is 27.6. The number of ether oxygens (including phenoxy) is 5. The van der Waals surface area contributed by atoms with Crippen LogP contribution >= 0.6 is 0 Å². The van der Waals surface area contributed by atoms with Gasteiger partial charge in [-0.3, -0.25) is 9.59 Å². The van der Waals surface area contributed by atoms with Crippen molar-refractivity contribution >= 4 is 11.9 Å². The monoisotopic (exact) mass is 678 g/mol. The summed E-state index contributed by atoms with van der Waals surface area (Å²) in [6.07, 6.45) is 4.12. The second-order valence-electron chi connectivity index (χ2n) is 13.0. The third-order valence-electron chi connectivity index (χ3n) is 8.98. The van der Waals surface area contributed by atoms with Crippen LogP contribution in [0.3, 0.4) is 0 Å². The van der Waals surface area contributed by atoms with Crippen molar-refractivity contribution in [2.45, 2.75) is 184 Å². The van der Waals surface area contributed by atoms with E-state index >= 15 is 0 Å². The van der Waals surface area contributed by atoms with E-state index < -0.39 is 86.6 Å². The predicted molar refractivity (Wildman–Crippen MR) is 171 cm³/mol. The summed E-state index contributed by atoms with van der Waals surface area (Å²) in [7, 11) is 0. The highest BCUT2D eigenvalue weighted by molar-refractivity contribution is 5.69. The lowest BCUT2D eigenvalue weighted by Gasteiger charge is -2.43. The first kappa shape index (κ1) is 41.7. The molecule has 0 aliphatic carbocycles. The Balaban J connectivity index is 1.87. The molecule has 13 nitrogen and oxygen atoms in total. The molecule has 0 bridgehead atoms. The zero-order chi connectivity index (χ0) is 34.7. The van der Waals surface area contributed by atoms with Crippen molar-refractivity contribution in [1.29, 1.82) is 0 Å². The summed E-state index contributed by atoms with van der Waals surface area (Å²) in [5.41, 5.74) is 0. The van der Waals surface area contributed by atoms with Gasteiger partial charge in [-0.1, -0.05) is 104 Å². The molecule has 0 spiro atoms. The molecule has 0 radical (unpaired) electrons. The van der Waals surface area contributed by atoms with E-state index in [1.54, 1.807) is 0 Å². The molecule has 2 saturated heterocycles. The van der Waals surface area contributed by atoms with Gasteiger partial charge in [-0.25, -0.2) is 0 Å². The fourth-order valence-electron chi connectivity index (χ4n) is 5.91. The summed E-state index contributed by atoms with van der Waals surface area (Å²) in [5, 5.41) is 62.7. The van der Waals surface area contributed by atoms with Crippen LogP contribution in [0.2, 0.25) is 0 Å². The van der Waals surface area contributed by atoms with Gasteiger partial charge in [0.1, 0.15) is 55.9 Å². The van der Waals surface area contributed by atoms with E-state index in [-0.39, 0.29) is 12.8 Å². The van der Waals surface area contributed by atoms with Crippen LogP contribution < -0.4 is 0 Å². The Morgan fingerprint density at radius 2 is 1.11 bits per heavy atom. The van der Waals surface area contributed by atoms with E-state index in [1.165, 1.54) is 44.9 Å². The number of unbranched alkanes of at least 4 members (excludes halogenated alkanes) is 14. The average molecular weight is 679 g/mol. The van der Waals surface area contributed by atoms with Crippen molar-refractivity contribution in [1.82, 2.24) is 0 Å². The molecular weight excluding hydrogens is 616 g/mol. The van der Waals surface area contributed by atoms with Crippen molar-refractivity contribution in [3.05, 3.63) is 0 Å². The molecule has 0 aromatic heterocycles. The predicted octanol–water partition coefficient (Wildman–Crippen LogP) is 2.77. The van der Waals surface area contributed by atoms with E-state index in [4.69, 9.17) is 23.7 Å². The van der Waals surface area contributed by atoms with Gasteiger partial charge in [-0.05, 0) is 12.8 Å². The van der Waals surface area contributed by atoms with Gasteiger partial charge in [0.05, 0.1) is 6.61 Å². The highest BCUT2D eigenvalue weighted by Crippen LogP contribution is 2.37. The summed E-state index contributed by atoms with van der Waals surface area (Å²) >= 11 is 0. The Bertz CT molecular complexity index is 860. The van der Waals surface area contributed by atoms with Crippen molar-refractivity contribution in [3.63, 3.8) is 0 Å². The summed E-state index contributed by atoms with van der Waals surface area (Å²) in [6, 6.07) is 0. The van der Waals surface area contributed by atoms with Crippen LogP contribution in [0, 0.1) is 0 Å². The van der Waals surface area contributed by atoms with Gasteiger partial charge in [0, 0.05) is 12.8 Å². The molecule has 0 aromatic rings. The van der Waals surface area contributed by atoms with Gasteiger partial charge in [0.15, 0.2) is 6.29 Å². The Morgan fingerprint density at radius 1 is 0.617 bits per heavy atom. The molecule has 9 atom stereocenters. The molecule has 47 heavy (non-hydrogen) atoms. The molecule has 2 heterocycles. The maximum Gasteiger partial charge on any atom is 0.305 e. The SMILES string of the molecule is CCCCCCCCCCCCCC(=O)OC[C@H]1O[C@H](O[C@]2(COC(=O)CCCCCCC)O[C@H](CO)[C@@H](O)[C@@H]2O)[C@H](O)[C@@H](O)[C@@H]1O. The first-order valence-electron chi connectivity index (χ1n) is 17.9. The van der Waals surface area contributed by atoms with Crippen LogP contribution in [0.15, 0.2) is 0 Å². The third-order valence-corrected chi connectivity index (χ3v) is 8.98. The van der Waals surface area contributed by atoms with Crippen molar-refractivity contribution in [2.75, 3.05) is 19.8 Å². The highest BCUT2D eigenvalue weighted by Gasteiger charge is 2.59. The number of carbonyl (C=O) groups is 2. The van der Waals surface area contributed by atoms with Crippen molar-refractivity contribution in [3.8, 4) is 0 Å². The third kappa shape index (κ3) is 14.1. The van der Waals surface area contributed by atoms with Gasteiger partial charge < -0.3 is 54.3 Å². The lowest BCUT2D eigenvalue weighted by Crippen LogP contribution is -2.63. The molecular formula is C34H62O13. The van der Waals surface area contributed by atoms with Crippen LogP contribution in [-0.2, 0) is 33.3 Å². The van der Waals surface area contributed by atoms with Crippen molar-refractivity contribution in [2.24, 2.45) is 0 Å². The van der Waals surface area contributed by atoms with E-state index in [0.717, 1.165) is 44.9 Å². The quantitative estimate of drug-likeness (QED) is 0.0609. The van der Waals surface area contributed by atoms with E-state index in [2.05, 4.69) is 13.8 Å².